The second-order valence-electron chi connectivity index (χ2n) is 9.91. The number of nitrogens with zero attached hydrogens (tertiary/aromatic N) is 4. The van der Waals surface area contributed by atoms with Gasteiger partial charge in [-0.15, -0.1) is 0 Å². The topological polar surface area (TPSA) is 120 Å². The number of hydrogen-bond acceptors (Lipinski definition) is 7. The lowest BCUT2D eigenvalue weighted by atomic mass is 9.80. The van der Waals surface area contributed by atoms with E-state index in [4.69, 9.17) is 15.5 Å². The maximum absolute atomic E-state index is 14.4. The molecule has 1 aliphatic heterocycles. The van der Waals surface area contributed by atoms with Crippen LogP contribution in [0.5, 0.6) is 0 Å². The zero-order chi connectivity index (χ0) is 25.9. The summed E-state index contributed by atoms with van der Waals surface area (Å²) in [6.45, 7) is 1.83. The van der Waals surface area contributed by atoms with Crippen molar-refractivity contribution < 1.29 is 22.7 Å². The lowest BCUT2D eigenvalue weighted by Crippen LogP contribution is -2.28. The Hall–Kier alpha value is -3.41. The van der Waals surface area contributed by atoms with Crippen LogP contribution >= 0.6 is 0 Å². The first kappa shape index (κ1) is 25.2. The van der Waals surface area contributed by atoms with Crippen LogP contribution in [0.25, 0.3) is 11.2 Å². The normalized spacial score (nSPS) is 20.7. The molecule has 0 bridgehead atoms. The van der Waals surface area contributed by atoms with Crippen molar-refractivity contribution in [3.8, 4) is 0 Å². The van der Waals surface area contributed by atoms with Crippen LogP contribution in [0.1, 0.15) is 44.9 Å². The van der Waals surface area contributed by atoms with Gasteiger partial charge in [0.05, 0.1) is 6.20 Å². The number of carbonyl (C=O) groups excluding carboxylic acids is 1. The summed E-state index contributed by atoms with van der Waals surface area (Å²) in [5.41, 5.74) is 5.86. The minimum Gasteiger partial charge on any atom is -0.381 e. The van der Waals surface area contributed by atoms with Crippen molar-refractivity contribution in [3.63, 3.8) is 0 Å². The first-order valence-corrected chi connectivity index (χ1v) is 12.6. The highest BCUT2D eigenvalue weighted by Crippen LogP contribution is 2.34. The first-order valence-electron chi connectivity index (χ1n) is 12.6. The van der Waals surface area contributed by atoms with E-state index in [1.54, 1.807) is 10.8 Å². The maximum atomic E-state index is 14.4. The van der Waals surface area contributed by atoms with Crippen LogP contribution in [0, 0.1) is 29.3 Å². The highest BCUT2D eigenvalue weighted by Gasteiger charge is 2.26. The van der Waals surface area contributed by atoms with Crippen LogP contribution in [-0.4, -0.2) is 44.7 Å². The standard InChI is InChI=1S/C25H30F3N7O2/c26-16-10-18(27)22(19(28)11-16)33-25-32-20-12-30-24(31-17-5-7-37-8-6-17)34-23(20)35(25)13-15-3-1-14(2-4-15)9-21(29)36/h10-12,14-15,17H,1-9,13H2,(H2,29,36)(H,32,33)(H,30,31,34)/t14-,15+. The van der Waals surface area contributed by atoms with Gasteiger partial charge in [-0.1, -0.05) is 0 Å². The number of nitrogens with two attached hydrogens (primary N) is 1. The second-order valence-corrected chi connectivity index (χ2v) is 9.91. The van der Waals surface area contributed by atoms with Crippen molar-refractivity contribution >= 4 is 34.7 Å². The van der Waals surface area contributed by atoms with Crippen molar-refractivity contribution in [1.29, 1.82) is 0 Å². The van der Waals surface area contributed by atoms with Gasteiger partial charge in [-0.25, -0.2) is 23.1 Å². The van der Waals surface area contributed by atoms with Crippen LogP contribution in [-0.2, 0) is 16.1 Å². The van der Waals surface area contributed by atoms with E-state index >= 15 is 0 Å². The number of benzene rings is 1. The zero-order valence-electron chi connectivity index (χ0n) is 20.4. The number of ether oxygens (including phenoxy) is 1. The Kier molecular flexibility index (Phi) is 7.45. The van der Waals surface area contributed by atoms with Crippen molar-refractivity contribution in [2.24, 2.45) is 17.6 Å². The monoisotopic (exact) mass is 517 g/mol. The SMILES string of the molecule is NC(=O)C[C@H]1CC[C@@H](Cn2c(Nc3c(F)cc(F)cc3F)nc3cnc(NC4CCOCC4)nc32)CC1. The van der Waals surface area contributed by atoms with E-state index < -0.39 is 23.1 Å². The molecule has 5 rings (SSSR count). The Labute approximate surface area is 212 Å². The number of nitrogens with one attached hydrogen (secondary N) is 2. The Bertz CT molecular complexity index is 1250. The minimum atomic E-state index is -1.06. The highest BCUT2D eigenvalue weighted by atomic mass is 19.1. The summed E-state index contributed by atoms with van der Waals surface area (Å²) < 4.78 is 49.6. The van der Waals surface area contributed by atoms with Gasteiger partial charge in [-0.05, 0) is 50.4 Å². The van der Waals surface area contributed by atoms with Crippen molar-refractivity contribution in [2.45, 2.75) is 57.5 Å². The molecule has 0 atom stereocenters. The fraction of sp³-hybridized carbons (Fsp3) is 0.520. The minimum absolute atomic E-state index is 0.183. The highest BCUT2D eigenvalue weighted by molar-refractivity contribution is 5.76. The smallest absolute Gasteiger partial charge is 0.224 e. The van der Waals surface area contributed by atoms with E-state index in [2.05, 4.69) is 20.6 Å². The van der Waals surface area contributed by atoms with Crippen molar-refractivity contribution in [2.75, 3.05) is 23.8 Å². The predicted molar refractivity (Wildman–Crippen MR) is 132 cm³/mol. The summed E-state index contributed by atoms with van der Waals surface area (Å²) in [6, 6.07) is 1.42. The summed E-state index contributed by atoms with van der Waals surface area (Å²) in [7, 11) is 0. The summed E-state index contributed by atoms with van der Waals surface area (Å²) in [5.74, 6) is -2.27. The molecule has 9 nitrogen and oxygen atoms in total. The molecular weight excluding hydrogens is 487 g/mol. The molecule has 1 saturated heterocycles. The fourth-order valence-electron chi connectivity index (χ4n) is 5.22. The average Bonchev–Trinajstić information content (AvgIpc) is 3.19. The molecule has 1 aliphatic carbocycles. The molecule has 1 saturated carbocycles. The van der Waals surface area contributed by atoms with Gasteiger partial charge in [0.25, 0.3) is 0 Å². The molecule has 2 aliphatic rings. The molecule has 12 heteroatoms. The molecule has 1 amide bonds. The van der Waals surface area contributed by atoms with Crippen LogP contribution in [0.4, 0.5) is 30.8 Å². The molecule has 2 fully saturated rings. The average molecular weight is 518 g/mol. The number of fused-ring (bicyclic) bond motifs is 1. The van der Waals surface area contributed by atoms with Gasteiger partial charge in [-0.2, -0.15) is 4.98 Å². The zero-order valence-corrected chi connectivity index (χ0v) is 20.4. The molecule has 198 valence electrons. The molecule has 0 unspecified atom stereocenters. The van der Waals surface area contributed by atoms with E-state index in [1.807, 2.05) is 0 Å². The van der Waals surface area contributed by atoms with E-state index in [9.17, 15) is 18.0 Å². The summed E-state index contributed by atoms with van der Waals surface area (Å²) in [4.78, 5) is 24.9. The van der Waals surface area contributed by atoms with Crippen molar-refractivity contribution in [3.05, 3.63) is 35.8 Å². The Morgan fingerprint density at radius 1 is 1.03 bits per heavy atom. The number of halogens is 3. The number of imidazole rings is 1. The van der Waals surface area contributed by atoms with Crippen LogP contribution < -0.4 is 16.4 Å². The predicted octanol–water partition coefficient (Wildman–Crippen LogP) is 4.26. The number of aromatic nitrogens is 4. The Morgan fingerprint density at radius 3 is 2.38 bits per heavy atom. The molecule has 0 spiro atoms. The third-order valence-corrected chi connectivity index (χ3v) is 7.18. The van der Waals surface area contributed by atoms with E-state index in [0.29, 0.717) is 55.4 Å². The van der Waals surface area contributed by atoms with Gasteiger partial charge >= 0.3 is 0 Å². The third-order valence-electron chi connectivity index (χ3n) is 7.18. The largest absolute Gasteiger partial charge is 0.381 e. The summed E-state index contributed by atoms with van der Waals surface area (Å²) in [6.07, 6.45) is 7.11. The summed E-state index contributed by atoms with van der Waals surface area (Å²) in [5, 5.41) is 6.06. The number of carbonyl (C=O) groups is 1. The Morgan fingerprint density at radius 2 is 1.70 bits per heavy atom. The molecular formula is C25H30F3N7O2. The van der Waals surface area contributed by atoms with E-state index in [1.165, 1.54) is 0 Å². The molecule has 1 aromatic carbocycles. The molecule has 2 aromatic heterocycles. The van der Waals surface area contributed by atoms with Crippen LogP contribution in [0.15, 0.2) is 18.3 Å². The number of hydrogen-bond donors (Lipinski definition) is 3. The van der Waals surface area contributed by atoms with Crippen LogP contribution in [0.2, 0.25) is 0 Å². The number of anilines is 3. The quantitative estimate of drug-likeness (QED) is 0.408. The third kappa shape index (κ3) is 5.95. The van der Waals surface area contributed by atoms with Gasteiger partial charge in [0.1, 0.15) is 17.0 Å². The molecule has 37 heavy (non-hydrogen) atoms. The molecule has 0 radical (unpaired) electrons. The van der Waals surface area contributed by atoms with E-state index in [-0.39, 0.29) is 29.7 Å². The second kappa shape index (κ2) is 10.9. The lowest BCUT2D eigenvalue weighted by Gasteiger charge is -2.28. The fourth-order valence-corrected chi connectivity index (χ4v) is 5.22. The number of rotatable bonds is 8. The van der Waals surface area contributed by atoms with Gasteiger partial charge < -0.3 is 21.1 Å². The molecule has 3 heterocycles. The number of primary amides is 1. The molecule has 3 aromatic rings. The van der Waals surface area contributed by atoms with Crippen molar-refractivity contribution in [1.82, 2.24) is 19.5 Å². The summed E-state index contributed by atoms with van der Waals surface area (Å²) >= 11 is 0. The first-order chi connectivity index (χ1) is 17.9. The van der Waals surface area contributed by atoms with Gasteiger partial charge in [0.2, 0.25) is 17.8 Å². The van der Waals surface area contributed by atoms with Crippen LogP contribution in [0.3, 0.4) is 0 Å². The van der Waals surface area contributed by atoms with Gasteiger partial charge in [0, 0.05) is 44.4 Å². The van der Waals surface area contributed by atoms with E-state index in [0.717, 1.165) is 38.5 Å². The molecule has 4 N–H and O–H groups in total. The number of amides is 1. The van der Waals surface area contributed by atoms with Gasteiger partial charge in [0.15, 0.2) is 17.3 Å². The lowest BCUT2D eigenvalue weighted by molar-refractivity contribution is -0.119. The Balaban J connectivity index is 1.44. The maximum Gasteiger partial charge on any atom is 0.224 e. The van der Waals surface area contributed by atoms with Gasteiger partial charge in [-0.3, -0.25) is 9.36 Å².